The third-order valence-corrected chi connectivity index (χ3v) is 3.13. The highest BCUT2D eigenvalue weighted by atomic mass is 16.4. The van der Waals surface area contributed by atoms with Gasteiger partial charge in [-0.15, -0.1) is 0 Å². The summed E-state index contributed by atoms with van der Waals surface area (Å²) in [5.41, 5.74) is 10.6. The first-order valence-corrected chi connectivity index (χ1v) is 8.65. The Hall–Kier alpha value is -2.20. The van der Waals surface area contributed by atoms with Gasteiger partial charge < -0.3 is 32.3 Å². The zero-order valence-corrected chi connectivity index (χ0v) is 15.5. The van der Waals surface area contributed by atoms with Crippen LogP contribution in [-0.2, 0) is 19.2 Å². The number of hydrogen-bond donors (Lipinski definition) is 6. The van der Waals surface area contributed by atoms with Crippen molar-refractivity contribution in [3.05, 3.63) is 0 Å². The highest BCUT2D eigenvalue weighted by molar-refractivity contribution is 5.82. The van der Waals surface area contributed by atoms with Gasteiger partial charge >= 0.3 is 11.9 Å². The van der Waals surface area contributed by atoms with Crippen LogP contribution in [-0.4, -0.2) is 59.1 Å². The van der Waals surface area contributed by atoms with Crippen molar-refractivity contribution in [2.75, 3.05) is 13.1 Å². The average molecular weight is 376 g/mol. The van der Waals surface area contributed by atoms with Gasteiger partial charge in [-0.25, -0.2) is 0 Å². The van der Waals surface area contributed by atoms with Gasteiger partial charge in [0.25, 0.3) is 0 Å². The zero-order valence-electron chi connectivity index (χ0n) is 15.5. The fourth-order valence-electron chi connectivity index (χ4n) is 1.55. The molecule has 0 spiro atoms. The predicted octanol–water partition coefficient (Wildman–Crippen LogP) is -0.591. The molecule has 0 aliphatic rings. The van der Waals surface area contributed by atoms with Crippen LogP contribution in [0.1, 0.15) is 52.4 Å². The van der Waals surface area contributed by atoms with Gasteiger partial charge in [0, 0.05) is 25.9 Å². The van der Waals surface area contributed by atoms with Crippen LogP contribution >= 0.6 is 0 Å². The van der Waals surface area contributed by atoms with E-state index >= 15 is 0 Å². The molecule has 2 unspecified atom stereocenters. The van der Waals surface area contributed by atoms with Crippen LogP contribution in [0.2, 0.25) is 0 Å². The van der Waals surface area contributed by atoms with Gasteiger partial charge in [0.15, 0.2) is 0 Å². The Morgan fingerprint density at radius 2 is 1.35 bits per heavy atom. The van der Waals surface area contributed by atoms with Crippen LogP contribution in [0, 0.1) is 0 Å². The van der Waals surface area contributed by atoms with E-state index in [9.17, 15) is 19.2 Å². The van der Waals surface area contributed by atoms with Gasteiger partial charge in [0.1, 0.15) is 6.04 Å². The van der Waals surface area contributed by atoms with Crippen LogP contribution in [0.25, 0.3) is 0 Å². The zero-order chi connectivity index (χ0) is 20.5. The summed E-state index contributed by atoms with van der Waals surface area (Å²) in [6, 6.07) is -1.64. The highest BCUT2D eigenvalue weighted by Gasteiger charge is 2.14. The molecule has 0 aromatic carbocycles. The molecule has 0 radical (unpaired) electrons. The topological polar surface area (TPSA) is 185 Å². The summed E-state index contributed by atoms with van der Waals surface area (Å²) in [5.74, 6) is -2.41. The lowest BCUT2D eigenvalue weighted by Gasteiger charge is -2.09. The summed E-state index contributed by atoms with van der Waals surface area (Å²) in [7, 11) is 0. The molecule has 0 bridgehead atoms. The Morgan fingerprint density at radius 3 is 1.81 bits per heavy atom. The van der Waals surface area contributed by atoms with Crippen LogP contribution in [0.3, 0.4) is 0 Å². The molecule has 0 fully saturated rings. The third-order valence-electron chi connectivity index (χ3n) is 3.13. The number of carbonyl (C=O) groups is 4. The minimum Gasteiger partial charge on any atom is -0.481 e. The van der Waals surface area contributed by atoms with E-state index in [2.05, 4.69) is 10.6 Å². The van der Waals surface area contributed by atoms with Crippen molar-refractivity contribution >= 4 is 23.8 Å². The molecular weight excluding hydrogens is 344 g/mol. The summed E-state index contributed by atoms with van der Waals surface area (Å²) < 4.78 is 0. The lowest BCUT2D eigenvalue weighted by Crippen LogP contribution is -2.41. The number of hydrogen-bond acceptors (Lipinski definition) is 6. The number of carboxylic acids is 2. The van der Waals surface area contributed by atoms with Gasteiger partial charge in [-0.2, -0.15) is 0 Å². The van der Waals surface area contributed by atoms with Crippen molar-refractivity contribution in [2.45, 2.75) is 64.5 Å². The molecule has 0 saturated heterocycles. The molecule has 152 valence electrons. The maximum atomic E-state index is 11.1. The quantitative estimate of drug-likeness (QED) is 0.261. The number of rotatable bonds is 12. The number of aliphatic carboxylic acids is 2. The SMILES string of the molecule is CCCNC(=O)C(N)CCC(=O)O.CCCNC(=O)CCC(N)C(=O)O. The van der Waals surface area contributed by atoms with E-state index in [1.165, 1.54) is 0 Å². The summed E-state index contributed by atoms with van der Waals surface area (Å²) in [4.78, 5) is 42.5. The first-order chi connectivity index (χ1) is 12.1. The standard InChI is InChI=1S/2C8H16N2O3/c1-2-5-10-8(13)6(9)3-4-7(11)12;1-2-5-10-7(11)4-3-6(9)8(12)13/h6H,2-5,9H2,1H3,(H,10,13)(H,11,12);6H,2-5,9H2,1H3,(H,10,11)(H,12,13). The monoisotopic (exact) mass is 376 g/mol. The molecule has 0 aliphatic heterocycles. The largest absolute Gasteiger partial charge is 0.481 e. The minimum atomic E-state index is -1.07. The maximum Gasteiger partial charge on any atom is 0.320 e. The average Bonchev–Trinajstić information content (AvgIpc) is 2.60. The van der Waals surface area contributed by atoms with E-state index in [1.807, 2.05) is 13.8 Å². The van der Waals surface area contributed by atoms with Crippen molar-refractivity contribution < 1.29 is 29.4 Å². The van der Waals surface area contributed by atoms with Gasteiger partial charge in [-0.05, 0) is 25.7 Å². The molecule has 8 N–H and O–H groups in total. The van der Waals surface area contributed by atoms with Crippen LogP contribution < -0.4 is 22.1 Å². The van der Waals surface area contributed by atoms with Gasteiger partial charge in [-0.3, -0.25) is 19.2 Å². The van der Waals surface area contributed by atoms with E-state index in [-0.39, 0.29) is 37.5 Å². The van der Waals surface area contributed by atoms with Crippen molar-refractivity contribution in [2.24, 2.45) is 11.5 Å². The van der Waals surface area contributed by atoms with Gasteiger partial charge in [0.05, 0.1) is 6.04 Å². The first-order valence-electron chi connectivity index (χ1n) is 8.65. The molecule has 0 heterocycles. The van der Waals surface area contributed by atoms with E-state index in [0.717, 1.165) is 12.8 Å². The molecule has 10 heteroatoms. The van der Waals surface area contributed by atoms with Crippen LogP contribution in [0.4, 0.5) is 0 Å². The molecule has 2 atom stereocenters. The second kappa shape index (κ2) is 16.3. The van der Waals surface area contributed by atoms with E-state index in [4.69, 9.17) is 21.7 Å². The highest BCUT2D eigenvalue weighted by Crippen LogP contribution is 1.95. The lowest BCUT2D eigenvalue weighted by atomic mass is 10.1. The Balaban J connectivity index is 0. The van der Waals surface area contributed by atoms with E-state index in [1.54, 1.807) is 0 Å². The summed E-state index contributed by atoms with van der Waals surface area (Å²) in [6.07, 6.45) is 2.19. The van der Waals surface area contributed by atoms with Crippen molar-refractivity contribution in [1.82, 2.24) is 10.6 Å². The minimum absolute atomic E-state index is 0.0687. The Kier molecular flexibility index (Phi) is 16.3. The molecule has 10 nitrogen and oxygen atoms in total. The third kappa shape index (κ3) is 16.7. The summed E-state index contributed by atoms with van der Waals surface area (Å²) in [6.45, 7) is 5.09. The van der Waals surface area contributed by atoms with E-state index in [0.29, 0.717) is 13.1 Å². The Bertz CT molecular complexity index is 444. The smallest absolute Gasteiger partial charge is 0.320 e. The molecule has 0 aliphatic carbocycles. The normalized spacial score (nSPS) is 12.2. The summed E-state index contributed by atoms with van der Waals surface area (Å²) >= 11 is 0. The fraction of sp³-hybridized carbons (Fsp3) is 0.750. The number of carbonyl (C=O) groups excluding carboxylic acids is 2. The molecule has 0 saturated carbocycles. The molecular formula is C16H32N4O6. The fourth-order valence-corrected chi connectivity index (χ4v) is 1.55. The van der Waals surface area contributed by atoms with Crippen LogP contribution in [0.5, 0.6) is 0 Å². The van der Waals surface area contributed by atoms with Crippen molar-refractivity contribution in [1.29, 1.82) is 0 Å². The van der Waals surface area contributed by atoms with Gasteiger partial charge in [-0.1, -0.05) is 13.8 Å². The van der Waals surface area contributed by atoms with Crippen LogP contribution in [0.15, 0.2) is 0 Å². The lowest BCUT2D eigenvalue weighted by molar-refractivity contribution is -0.139. The van der Waals surface area contributed by atoms with Crippen molar-refractivity contribution in [3.63, 3.8) is 0 Å². The van der Waals surface area contributed by atoms with Gasteiger partial charge in [0.2, 0.25) is 11.8 Å². The van der Waals surface area contributed by atoms with Crippen molar-refractivity contribution in [3.8, 4) is 0 Å². The Labute approximate surface area is 153 Å². The molecule has 0 rings (SSSR count). The Morgan fingerprint density at radius 1 is 0.846 bits per heavy atom. The second-order valence-corrected chi connectivity index (χ2v) is 5.66. The molecule has 2 amide bonds. The number of carboxylic acid groups (broad SMARTS) is 2. The molecule has 0 aromatic rings. The first kappa shape index (κ1) is 26.0. The number of nitrogens with one attached hydrogen (secondary N) is 2. The number of amides is 2. The predicted molar refractivity (Wildman–Crippen MR) is 96.3 cm³/mol. The number of nitrogens with two attached hydrogens (primary N) is 2. The van der Waals surface area contributed by atoms with E-state index < -0.39 is 24.0 Å². The second-order valence-electron chi connectivity index (χ2n) is 5.66. The molecule has 0 aromatic heterocycles. The summed E-state index contributed by atoms with van der Waals surface area (Å²) in [5, 5.41) is 22.0. The molecule has 26 heavy (non-hydrogen) atoms. The maximum absolute atomic E-state index is 11.1.